The molecule has 0 spiro atoms. The maximum atomic E-state index is 5.45. The molecule has 78 valence electrons. The molecule has 2 nitrogen and oxygen atoms in total. The van der Waals surface area contributed by atoms with Gasteiger partial charge in [0.25, 0.3) is 0 Å². The van der Waals surface area contributed by atoms with Crippen molar-refractivity contribution in [3.05, 3.63) is 17.5 Å². The molecule has 0 bridgehead atoms. The molecule has 2 heteroatoms. The summed E-state index contributed by atoms with van der Waals surface area (Å²) in [6, 6.07) is 2.14. The number of nitrogens with zero attached hydrogens (tertiary/aromatic N) is 1. The van der Waals surface area contributed by atoms with E-state index in [9.17, 15) is 0 Å². The van der Waals surface area contributed by atoms with Crippen molar-refractivity contribution < 1.29 is 4.52 Å². The van der Waals surface area contributed by atoms with E-state index in [-0.39, 0.29) is 10.8 Å². The van der Waals surface area contributed by atoms with E-state index < -0.39 is 0 Å². The first kappa shape index (κ1) is 9.75. The Balaban J connectivity index is 2.26. The minimum absolute atomic E-state index is 0.0991. The molecule has 2 rings (SSSR count). The van der Waals surface area contributed by atoms with E-state index in [1.54, 1.807) is 0 Å². The van der Waals surface area contributed by atoms with Crippen LogP contribution in [0.25, 0.3) is 0 Å². The molecule has 14 heavy (non-hydrogen) atoms. The first-order valence-electron chi connectivity index (χ1n) is 5.39. The Bertz CT molecular complexity index is 328. The van der Waals surface area contributed by atoms with E-state index in [0.29, 0.717) is 0 Å². The van der Waals surface area contributed by atoms with Gasteiger partial charge in [-0.25, -0.2) is 0 Å². The highest BCUT2D eigenvalue weighted by atomic mass is 16.5. The second-order valence-electron chi connectivity index (χ2n) is 5.74. The second kappa shape index (κ2) is 2.85. The monoisotopic (exact) mass is 193 g/mol. The highest BCUT2D eigenvalue weighted by Crippen LogP contribution is 2.43. The minimum Gasteiger partial charge on any atom is -0.361 e. The Morgan fingerprint density at radius 1 is 1.36 bits per heavy atom. The Morgan fingerprint density at radius 2 is 2.00 bits per heavy atom. The van der Waals surface area contributed by atoms with Crippen molar-refractivity contribution in [1.82, 2.24) is 5.16 Å². The van der Waals surface area contributed by atoms with Gasteiger partial charge in [0.05, 0.1) is 5.69 Å². The SMILES string of the molecule is CC(C)(C)c1cc(C2(C)CCC2)on1. The van der Waals surface area contributed by atoms with E-state index in [4.69, 9.17) is 4.52 Å². The fourth-order valence-electron chi connectivity index (χ4n) is 1.87. The van der Waals surface area contributed by atoms with Gasteiger partial charge in [0.1, 0.15) is 5.76 Å². The van der Waals surface area contributed by atoms with Gasteiger partial charge >= 0.3 is 0 Å². The molecule has 0 radical (unpaired) electrons. The van der Waals surface area contributed by atoms with Crippen LogP contribution in [-0.4, -0.2) is 5.16 Å². The molecule has 0 amide bonds. The molecule has 0 saturated heterocycles. The van der Waals surface area contributed by atoms with Crippen molar-refractivity contribution in [1.29, 1.82) is 0 Å². The largest absolute Gasteiger partial charge is 0.361 e. The minimum atomic E-state index is 0.0991. The summed E-state index contributed by atoms with van der Waals surface area (Å²) in [7, 11) is 0. The first-order chi connectivity index (χ1) is 6.42. The van der Waals surface area contributed by atoms with Crippen LogP contribution < -0.4 is 0 Å². The third-order valence-electron chi connectivity index (χ3n) is 3.33. The van der Waals surface area contributed by atoms with Crippen molar-refractivity contribution in [3.8, 4) is 0 Å². The fraction of sp³-hybridized carbons (Fsp3) is 0.750. The third-order valence-corrected chi connectivity index (χ3v) is 3.33. The lowest BCUT2D eigenvalue weighted by Crippen LogP contribution is -2.29. The van der Waals surface area contributed by atoms with Crippen LogP contribution in [0, 0.1) is 0 Å². The van der Waals surface area contributed by atoms with Crippen molar-refractivity contribution >= 4 is 0 Å². The van der Waals surface area contributed by atoms with Crippen molar-refractivity contribution in [2.45, 2.75) is 57.8 Å². The van der Waals surface area contributed by atoms with Crippen LogP contribution in [0.4, 0.5) is 0 Å². The lowest BCUT2D eigenvalue weighted by molar-refractivity contribution is 0.201. The van der Waals surface area contributed by atoms with Gasteiger partial charge in [-0.3, -0.25) is 0 Å². The average molecular weight is 193 g/mol. The molecule has 1 heterocycles. The first-order valence-corrected chi connectivity index (χ1v) is 5.39. The van der Waals surface area contributed by atoms with Crippen molar-refractivity contribution in [2.75, 3.05) is 0 Å². The maximum absolute atomic E-state index is 5.45. The quantitative estimate of drug-likeness (QED) is 0.683. The van der Waals surface area contributed by atoms with Gasteiger partial charge in [-0.05, 0) is 12.8 Å². The highest BCUT2D eigenvalue weighted by Gasteiger charge is 2.38. The topological polar surface area (TPSA) is 26.0 Å². The molecule has 1 aliphatic carbocycles. The number of hydrogen-bond acceptors (Lipinski definition) is 2. The molecule has 0 atom stereocenters. The summed E-state index contributed by atoms with van der Waals surface area (Å²) in [6.07, 6.45) is 3.81. The molecular weight excluding hydrogens is 174 g/mol. The maximum Gasteiger partial charge on any atom is 0.142 e. The van der Waals surface area contributed by atoms with E-state index in [0.717, 1.165) is 11.5 Å². The molecule has 0 aromatic carbocycles. The predicted octanol–water partition coefficient (Wildman–Crippen LogP) is 3.41. The van der Waals surface area contributed by atoms with Crippen molar-refractivity contribution in [2.24, 2.45) is 0 Å². The molecule has 0 aliphatic heterocycles. The van der Waals surface area contributed by atoms with Crippen LogP contribution >= 0.6 is 0 Å². The van der Waals surface area contributed by atoms with Gasteiger partial charge in [-0.1, -0.05) is 39.3 Å². The summed E-state index contributed by atoms with van der Waals surface area (Å²) in [5.74, 6) is 1.08. The molecule has 0 unspecified atom stereocenters. The van der Waals surface area contributed by atoms with Gasteiger partial charge in [0, 0.05) is 16.9 Å². The van der Waals surface area contributed by atoms with E-state index >= 15 is 0 Å². The summed E-state index contributed by atoms with van der Waals surface area (Å²) in [4.78, 5) is 0. The fourth-order valence-corrected chi connectivity index (χ4v) is 1.87. The Hall–Kier alpha value is -0.790. The average Bonchev–Trinajstić information content (AvgIpc) is 2.46. The molecule has 1 aliphatic rings. The summed E-state index contributed by atoms with van der Waals surface area (Å²) in [6.45, 7) is 8.76. The van der Waals surface area contributed by atoms with E-state index in [1.165, 1.54) is 19.3 Å². The van der Waals surface area contributed by atoms with Crippen LogP contribution in [0.3, 0.4) is 0 Å². The molecule has 1 saturated carbocycles. The van der Waals surface area contributed by atoms with Crippen LogP contribution in [0.5, 0.6) is 0 Å². The van der Waals surface area contributed by atoms with Crippen LogP contribution in [0.15, 0.2) is 10.6 Å². The van der Waals surface area contributed by atoms with E-state index in [2.05, 4.69) is 38.9 Å². The molecular formula is C12H19NO. The standard InChI is InChI=1S/C12H19NO/c1-11(2,3)9-8-10(14-13-9)12(4)6-5-7-12/h8H,5-7H2,1-4H3. The molecule has 1 aromatic rings. The van der Waals surface area contributed by atoms with Gasteiger partial charge in [-0.2, -0.15) is 0 Å². The van der Waals surface area contributed by atoms with Crippen LogP contribution in [0.2, 0.25) is 0 Å². The molecule has 1 aromatic heterocycles. The third kappa shape index (κ3) is 1.47. The molecule has 0 N–H and O–H groups in total. The zero-order valence-corrected chi connectivity index (χ0v) is 9.55. The van der Waals surface area contributed by atoms with Crippen LogP contribution in [0.1, 0.15) is 58.4 Å². The number of aromatic nitrogens is 1. The normalized spacial score (nSPS) is 20.6. The zero-order chi connectivity index (χ0) is 10.4. The summed E-state index contributed by atoms with van der Waals surface area (Å²) < 4.78 is 5.45. The van der Waals surface area contributed by atoms with E-state index in [1.807, 2.05) is 0 Å². The van der Waals surface area contributed by atoms with Crippen LogP contribution in [-0.2, 0) is 10.8 Å². The predicted molar refractivity (Wildman–Crippen MR) is 56.4 cm³/mol. The van der Waals surface area contributed by atoms with Gasteiger partial charge in [-0.15, -0.1) is 0 Å². The Labute approximate surface area is 85.7 Å². The Kier molecular flexibility index (Phi) is 1.98. The Morgan fingerprint density at radius 3 is 2.36 bits per heavy atom. The van der Waals surface area contributed by atoms with Gasteiger partial charge in [0.2, 0.25) is 0 Å². The van der Waals surface area contributed by atoms with Gasteiger partial charge < -0.3 is 4.52 Å². The lowest BCUT2D eigenvalue weighted by atomic mass is 9.68. The smallest absolute Gasteiger partial charge is 0.142 e. The summed E-state index contributed by atoms with van der Waals surface area (Å²) >= 11 is 0. The van der Waals surface area contributed by atoms with Gasteiger partial charge in [0.15, 0.2) is 0 Å². The zero-order valence-electron chi connectivity index (χ0n) is 9.55. The lowest BCUT2D eigenvalue weighted by Gasteiger charge is -2.35. The summed E-state index contributed by atoms with van der Waals surface area (Å²) in [5.41, 5.74) is 1.44. The summed E-state index contributed by atoms with van der Waals surface area (Å²) in [5, 5.41) is 4.16. The number of hydrogen-bond donors (Lipinski definition) is 0. The van der Waals surface area contributed by atoms with Crippen molar-refractivity contribution in [3.63, 3.8) is 0 Å². The number of rotatable bonds is 1. The second-order valence-corrected chi connectivity index (χ2v) is 5.74. The molecule has 1 fully saturated rings. The highest BCUT2D eigenvalue weighted by molar-refractivity contribution is 5.22.